The largest absolute Gasteiger partial charge is 0.480 e. The average molecular weight is 475 g/mol. The molecule has 1 atom stereocenters. The number of piperidine rings is 1. The normalized spacial score (nSPS) is 15.5. The minimum Gasteiger partial charge on any atom is -0.480 e. The van der Waals surface area contributed by atoms with Crippen molar-refractivity contribution in [2.24, 2.45) is 5.92 Å². The van der Waals surface area contributed by atoms with Crippen molar-refractivity contribution in [2.45, 2.75) is 25.8 Å². The van der Waals surface area contributed by atoms with Crippen molar-refractivity contribution in [2.75, 3.05) is 13.1 Å². The Kier molecular flexibility index (Phi) is 7.94. The molecule has 1 heterocycles. The van der Waals surface area contributed by atoms with Crippen molar-refractivity contribution in [3.8, 4) is 11.1 Å². The molecule has 2 aromatic carbocycles. The first kappa shape index (κ1) is 23.8. The summed E-state index contributed by atoms with van der Waals surface area (Å²) in [5.74, 6) is -1.85. The van der Waals surface area contributed by atoms with Crippen LogP contribution in [0, 0.1) is 5.92 Å². The van der Waals surface area contributed by atoms with Crippen LogP contribution >= 0.6 is 23.2 Å². The van der Waals surface area contributed by atoms with Crippen LogP contribution in [-0.2, 0) is 14.4 Å². The summed E-state index contributed by atoms with van der Waals surface area (Å²) in [7, 11) is 0. The van der Waals surface area contributed by atoms with E-state index in [0.29, 0.717) is 41.5 Å². The summed E-state index contributed by atoms with van der Waals surface area (Å²) in [4.78, 5) is 37.3. The molecule has 1 aliphatic rings. The molecule has 0 spiro atoms. The molecule has 2 N–H and O–H groups in total. The van der Waals surface area contributed by atoms with E-state index in [-0.39, 0.29) is 17.7 Å². The van der Waals surface area contributed by atoms with Gasteiger partial charge in [-0.1, -0.05) is 65.7 Å². The summed E-state index contributed by atoms with van der Waals surface area (Å²) in [6.45, 7) is 2.27. The first-order valence-electron chi connectivity index (χ1n) is 10.3. The van der Waals surface area contributed by atoms with Gasteiger partial charge in [-0.25, -0.2) is 0 Å². The number of amides is 2. The maximum absolute atomic E-state index is 12.6. The number of nitrogens with zero attached hydrogens (tertiary/aromatic N) is 1. The van der Waals surface area contributed by atoms with E-state index >= 15 is 0 Å². The van der Waals surface area contributed by atoms with Gasteiger partial charge in [0.2, 0.25) is 11.8 Å². The number of hydrogen-bond donors (Lipinski definition) is 2. The van der Waals surface area contributed by atoms with Gasteiger partial charge in [-0.3, -0.25) is 14.4 Å². The molecule has 0 unspecified atom stereocenters. The van der Waals surface area contributed by atoms with Crippen LogP contribution in [0.2, 0.25) is 10.0 Å². The van der Waals surface area contributed by atoms with Crippen LogP contribution in [0.4, 0.5) is 0 Å². The van der Waals surface area contributed by atoms with Gasteiger partial charge in [0.25, 0.3) is 0 Å². The summed E-state index contributed by atoms with van der Waals surface area (Å²) in [6, 6.07) is 12.4. The van der Waals surface area contributed by atoms with Gasteiger partial charge in [0, 0.05) is 30.6 Å². The third-order valence-corrected chi connectivity index (χ3v) is 6.41. The zero-order valence-corrected chi connectivity index (χ0v) is 19.1. The molecule has 0 radical (unpaired) electrons. The number of carbonyl (C=O) groups excluding carboxylic acids is 2. The SMILES string of the molecule is C[C@H](NC(=O)C1CCN(C(=O)/C=C/c2ccc(-c3ccccc3)c(Cl)c2Cl)CC1)C(=O)O. The number of nitrogens with one attached hydrogen (secondary N) is 1. The zero-order valence-electron chi connectivity index (χ0n) is 17.6. The zero-order chi connectivity index (χ0) is 23.3. The standard InChI is InChI=1S/C24H24Cl2N2O4/c1-15(24(31)32)27-23(30)18-11-13-28(14-12-18)20(29)10-8-17-7-9-19(22(26)21(17)25)16-5-3-2-4-6-16/h2-10,15,18H,11-14H2,1H3,(H,27,30)(H,31,32)/b10-8+/t15-/m0/s1. The summed E-state index contributed by atoms with van der Waals surface area (Å²) in [5.41, 5.74) is 2.41. The summed E-state index contributed by atoms with van der Waals surface area (Å²) in [6.07, 6.45) is 4.05. The van der Waals surface area contributed by atoms with E-state index < -0.39 is 12.0 Å². The second-order valence-corrected chi connectivity index (χ2v) is 8.45. The Labute approximate surface area is 196 Å². The number of likely N-dealkylation sites (tertiary alicyclic amines) is 1. The maximum atomic E-state index is 12.6. The Morgan fingerprint density at radius 1 is 1.06 bits per heavy atom. The Morgan fingerprint density at radius 2 is 1.72 bits per heavy atom. The van der Waals surface area contributed by atoms with Crippen molar-refractivity contribution in [1.29, 1.82) is 0 Å². The smallest absolute Gasteiger partial charge is 0.325 e. The fourth-order valence-electron chi connectivity index (χ4n) is 3.56. The molecule has 0 bridgehead atoms. The van der Waals surface area contributed by atoms with Gasteiger partial charge in [-0.15, -0.1) is 0 Å². The van der Waals surface area contributed by atoms with E-state index in [9.17, 15) is 14.4 Å². The van der Waals surface area contributed by atoms with Crippen LogP contribution in [0.5, 0.6) is 0 Å². The highest BCUT2D eigenvalue weighted by Crippen LogP contribution is 2.36. The number of benzene rings is 2. The second-order valence-electron chi connectivity index (χ2n) is 7.70. The second kappa shape index (κ2) is 10.7. The average Bonchev–Trinajstić information content (AvgIpc) is 2.80. The van der Waals surface area contributed by atoms with E-state index in [1.165, 1.54) is 13.0 Å². The van der Waals surface area contributed by atoms with E-state index in [4.69, 9.17) is 28.3 Å². The predicted molar refractivity (Wildman–Crippen MR) is 125 cm³/mol. The van der Waals surface area contributed by atoms with Crippen molar-refractivity contribution in [1.82, 2.24) is 10.2 Å². The summed E-state index contributed by atoms with van der Waals surface area (Å²) >= 11 is 12.9. The molecular weight excluding hydrogens is 451 g/mol. The topological polar surface area (TPSA) is 86.7 Å². The highest BCUT2D eigenvalue weighted by atomic mass is 35.5. The first-order valence-corrected chi connectivity index (χ1v) is 11.1. The van der Waals surface area contributed by atoms with Gasteiger partial charge in [-0.2, -0.15) is 0 Å². The molecule has 1 fully saturated rings. The summed E-state index contributed by atoms with van der Waals surface area (Å²) in [5, 5.41) is 12.2. The Hall–Kier alpha value is -2.83. The fourth-order valence-corrected chi connectivity index (χ4v) is 4.06. The Morgan fingerprint density at radius 3 is 2.34 bits per heavy atom. The van der Waals surface area contributed by atoms with E-state index in [2.05, 4.69) is 5.32 Å². The number of carbonyl (C=O) groups is 3. The lowest BCUT2D eigenvalue weighted by molar-refractivity contribution is -0.142. The van der Waals surface area contributed by atoms with Gasteiger partial charge >= 0.3 is 5.97 Å². The molecule has 8 heteroatoms. The van der Waals surface area contributed by atoms with Crippen LogP contribution in [0.15, 0.2) is 48.5 Å². The number of carboxylic acid groups (broad SMARTS) is 1. The van der Waals surface area contributed by atoms with Gasteiger partial charge in [-0.05, 0) is 37.0 Å². The van der Waals surface area contributed by atoms with E-state index in [0.717, 1.165) is 11.1 Å². The molecule has 0 saturated carbocycles. The van der Waals surface area contributed by atoms with Crippen LogP contribution in [0.1, 0.15) is 25.3 Å². The number of halogens is 2. The lowest BCUT2D eigenvalue weighted by Crippen LogP contribution is -2.46. The van der Waals surface area contributed by atoms with Crippen molar-refractivity contribution < 1.29 is 19.5 Å². The summed E-state index contributed by atoms with van der Waals surface area (Å²) < 4.78 is 0. The van der Waals surface area contributed by atoms with Crippen LogP contribution < -0.4 is 5.32 Å². The first-order chi connectivity index (χ1) is 15.3. The number of hydrogen-bond acceptors (Lipinski definition) is 3. The molecule has 32 heavy (non-hydrogen) atoms. The van der Waals surface area contributed by atoms with Crippen molar-refractivity contribution in [3.63, 3.8) is 0 Å². The molecule has 3 rings (SSSR count). The molecule has 1 aliphatic heterocycles. The Bertz CT molecular complexity index is 1030. The van der Waals surface area contributed by atoms with E-state index in [1.807, 2.05) is 42.5 Å². The highest BCUT2D eigenvalue weighted by Gasteiger charge is 2.28. The lowest BCUT2D eigenvalue weighted by atomic mass is 9.95. The molecule has 2 aromatic rings. The van der Waals surface area contributed by atoms with Crippen LogP contribution in [0.25, 0.3) is 17.2 Å². The predicted octanol–water partition coefficient (Wildman–Crippen LogP) is 4.50. The number of aliphatic carboxylic acids is 1. The van der Waals surface area contributed by atoms with Gasteiger partial charge < -0.3 is 15.3 Å². The molecule has 1 saturated heterocycles. The lowest BCUT2D eigenvalue weighted by Gasteiger charge is -2.31. The minimum absolute atomic E-state index is 0.179. The number of rotatable bonds is 6. The third-order valence-electron chi connectivity index (χ3n) is 5.51. The minimum atomic E-state index is -1.08. The van der Waals surface area contributed by atoms with E-state index in [1.54, 1.807) is 11.0 Å². The molecule has 168 valence electrons. The van der Waals surface area contributed by atoms with Crippen LogP contribution in [0.3, 0.4) is 0 Å². The number of carboxylic acids is 1. The highest BCUT2D eigenvalue weighted by molar-refractivity contribution is 6.44. The third kappa shape index (κ3) is 5.69. The molecule has 0 aromatic heterocycles. The molecule has 0 aliphatic carbocycles. The van der Waals surface area contributed by atoms with Gasteiger partial charge in [0.1, 0.15) is 6.04 Å². The van der Waals surface area contributed by atoms with Crippen LogP contribution in [-0.4, -0.2) is 46.9 Å². The fraction of sp³-hybridized carbons (Fsp3) is 0.292. The quantitative estimate of drug-likeness (QED) is 0.603. The Balaban J connectivity index is 1.60. The molecule has 6 nitrogen and oxygen atoms in total. The monoisotopic (exact) mass is 474 g/mol. The van der Waals surface area contributed by atoms with Crippen molar-refractivity contribution in [3.05, 3.63) is 64.1 Å². The van der Waals surface area contributed by atoms with Crippen molar-refractivity contribution >= 4 is 47.1 Å². The molecular formula is C24H24Cl2N2O4. The molecule has 2 amide bonds. The maximum Gasteiger partial charge on any atom is 0.325 e. The van der Waals surface area contributed by atoms with Gasteiger partial charge in [0.05, 0.1) is 10.0 Å². The van der Waals surface area contributed by atoms with Gasteiger partial charge in [0.15, 0.2) is 0 Å².